The van der Waals surface area contributed by atoms with E-state index in [0.717, 1.165) is 24.2 Å². The second-order valence-electron chi connectivity index (χ2n) is 6.91. The number of cyclic esters (lactones) is 1. The highest BCUT2D eigenvalue weighted by Crippen LogP contribution is 2.45. The number of nitrogens with one attached hydrogen (secondary N) is 1. The summed E-state index contributed by atoms with van der Waals surface area (Å²) in [5.74, 6) is -3.01. The van der Waals surface area contributed by atoms with Crippen molar-refractivity contribution < 1.29 is 33.4 Å². The summed E-state index contributed by atoms with van der Waals surface area (Å²) in [5, 5.41) is 2.20. The molecule has 156 valence electrons. The molecule has 1 N–H and O–H groups in total. The lowest BCUT2D eigenvalue weighted by Crippen LogP contribution is -2.59. The van der Waals surface area contributed by atoms with Crippen molar-refractivity contribution in [1.82, 2.24) is 10.2 Å². The number of carbonyl (C=O) groups excluding carboxylic acids is 4. The molecule has 1 aromatic carbocycles. The van der Waals surface area contributed by atoms with E-state index in [4.69, 9.17) is 14.2 Å². The molecule has 2 heterocycles. The molecule has 2 atom stereocenters. The molecule has 0 bridgehead atoms. The lowest BCUT2D eigenvalue weighted by molar-refractivity contribution is -0.147. The summed E-state index contributed by atoms with van der Waals surface area (Å²) in [4.78, 5) is 51.2. The number of rotatable bonds is 8. The predicted octanol–water partition coefficient (Wildman–Crippen LogP) is 2.19. The van der Waals surface area contributed by atoms with Crippen LogP contribution in [0.15, 0.2) is 12.1 Å². The molecule has 0 saturated carbocycles. The molecule has 1 saturated heterocycles. The van der Waals surface area contributed by atoms with Gasteiger partial charge in [-0.2, -0.15) is 0 Å². The minimum Gasteiger partial charge on any atom is -0.493 e. The van der Waals surface area contributed by atoms with Crippen LogP contribution < -0.4 is 14.8 Å². The highest BCUT2D eigenvalue weighted by atomic mass is 16.6. The molecule has 0 unspecified atom stereocenters. The van der Waals surface area contributed by atoms with Crippen LogP contribution in [-0.4, -0.2) is 49.5 Å². The Labute approximate surface area is 168 Å². The van der Waals surface area contributed by atoms with Crippen molar-refractivity contribution >= 4 is 23.8 Å². The molecule has 0 aromatic heterocycles. The number of benzene rings is 1. The van der Waals surface area contributed by atoms with Gasteiger partial charge in [0.15, 0.2) is 17.4 Å². The molecule has 0 spiro atoms. The molecule has 2 aliphatic rings. The lowest BCUT2D eigenvalue weighted by Gasteiger charge is -2.32. The van der Waals surface area contributed by atoms with Crippen LogP contribution in [0.25, 0.3) is 0 Å². The fourth-order valence-corrected chi connectivity index (χ4v) is 3.68. The van der Waals surface area contributed by atoms with Crippen molar-refractivity contribution in [3.63, 3.8) is 0 Å². The van der Waals surface area contributed by atoms with E-state index < -0.39 is 35.8 Å². The van der Waals surface area contributed by atoms with E-state index in [1.165, 1.54) is 14.2 Å². The summed E-state index contributed by atoms with van der Waals surface area (Å²) >= 11 is 0. The zero-order valence-electron chi connectivity index (χ0n) is 16.6. The summed E-state index contributed by atoms with van der Waals surface area (Å²) in [6, 6.07) is 2.39. The smallest absolute Gasteiger partial charge is 0.343 e. The standard InChI is InChI=1S/C20H24N2O7/c1-4-5-6-7-10-22-18(24)14(17(23)21-20(22)26)15-11-8-9-12(27-2)16(28-3)13(11)19(25)29-15/h8-9,14-15H,4-7,10H2,1-3H3,(H,21,23,26)/t14-,15+/m1/s1. The maximum atomic E-state index is 13.0. The van der Waals surface area contributed by atoms with Gasteiger partial charge in [-0.3, -0.25) is 19.8 Å². The maximum Gasteiger partial charge on any atom is 0.343 e. The largest absolute Gasteiger partial charge is 0.493 e. The Morgan fingerprint density at radius 2 is 1.83 bits per heavy atom. The zero-order valence-corrected chi connectivity index (χ0v) is 16.6. The lowest BCUT2D eigenvalue weighted by atomic mass is 9.90. The van der Waals surface area contributed by atoms with E-state index in [0.29, 0.717) is 17.7 Å². The number of nitrogens with zero attached hydrogens (tertiary/aromatic N) is 1. The Balaban J connectivity index is 1.90. The third-order valence-electron chi connectivity index (χ3n) is 5.15. The average Bonchev–Trinajstić information content (AvgIpc) is 3.02. The van der Waals surface area contributed by atoms with Crippen molar-refractivity contribution in [3.05, 3.63) is 23.3 Å². The Kier molecular flexibility index (Phi) is 6.05. The van der Waals surface area contributed by atoms with Gasteiger partial charge in [-0.15, -0.1) is 0 Å². The van der Waals surface area contributed by atoms with Crippen molar-refractivity contribution in [2.45, 2.75) is 38.7 Å². The number of methoxy groups -OCH3 is 2. The number of hydrogen-bond donors (Lipinski definition) is 1. The first kappa shape index (κ1) is 20.6. The Hall–Kier alpha value is -3.10. The van der Waals surface area contributed by atoms with Gasteiger partial charge in [0.1, 0.15) is 11.7 Å². The molecule has 2 aliphatic heterocycles. The first-order valence-electron chi connectivity index (χ1n) is 9.56. The van der Waals surface area contributed by atoms with Gasteiger partial charge in [-0.05, 0) is 12.5 Å². The van der Waals surface area contributed by atoms with E-state index in [2.05, 4.69) is 12.2 Å². The van der Waals surface area contributed by atoms with Crippen LogP contribution in [0.3, 0.4) is 0 Å². The van der Waals surface area contributed by atoms with E-state index in [1.54, 1.807) is 12.1 Å². The number of fused-ring (bicyclic) bond motifs is 1. The summed E-state index contributed by atoms with van der Waals surface area (Å²) in [7, 11) is 2.82. The SMILES string of the molecule is CCCCCCN1C(=O)NC(=O)[C@@H]([C@H]2OC(=O)c3c2ccc(OC)c3OC)C1=O. The van der Waals surface area contributed by atoms with E-state index in [9.17, 15) is 19.2 Å². The number of esters is 1. The summed E-state index contributed by atoms with van der Waals surface area (Å²) in [6.45, 7) is 2.26. The van der Waals surface area contributed by atoms with Crippen LogP contribution >= 0.6 is 0 Å². The van der Waals surface area contributed by atoms with Gasteiger partial charge >= 0.3 is 12.0 Å². The van der Waals surface area contributed by atoms with Crippen LogP contribution in [0.5, 0.6) is 11.5 Å². The molecule has 1 aromatic rings. The second-order valence-corrected chi connectivity index (χ2v) is 6.91. The fraction of sp³-hybridized carbons (Fsp3) is 0.500. The minimum atomic E-state index is -1.35. The average molecular weight is 404 g/mol. The Morgan fingerprint density at radius 1 is 1.07 bits per heavy atom. The molecule has 9 heteroatoms. The first-order valence-corrected chi connectivity index (χ1v) is 9.56. The van der Waals surface area contributed by atoms with Crippen LogP contribution in [0, 0.1) is 5.92 Å². The van der Waals surface area contributed by atoms with E-state index >= 15 is 0 Å². The van der Waals surface area contributed by atoms with E-state index in [-0.39, 0.29) is 17.9 Å². The molecule has 9 nitrogen and oxygen atoms in total. The van der Waals surface area contributed by atoms with Gasteiger partial charge < -0.3 is 14.2 Å². The number of ether oxygens (including phenoxy) is 3. The Bertz CT molecular complexity index is 851. The van der Waals surface area contributed by atoms with Gasteiger partial charge in [0.2, 0.25) is 11.8 Å². The van der Waals surface area contributed by atoms with Gasteiger partial charge in [0.05, 0.1) is 14.2 Å². The van der Waals surface area contributed by atoms with E-state index in [1.807, 2.05) is 0 Å². The number of unbranched alkanes of at least 4 members (excludes halogenated alkanes) is 3. The molecule has 29 heavy (non-hydrogen) atoms. The zero-order chi connectivity index (χ0) is 21.1. The van der Waals surface area contributed by atoms with Crippen molar-refractivity contribution in [1.29, 1.82) is 0 Å². The summed E-state index contributed by atoms with van der Waals surface area (Å²) < 4.78 is 15.9. The summed E-state index contributed by atoms with van der Waals surface area (Å²) in [5.41, 5.74) is 0.463. The van der Waals surface area contributed by atoms with Crippen LogP contribution in [-0.2, 0) is 14.3 Å². The number of imide groups is 2. The number of urea groups is 1. The highest BCUT2D eigenvalue weighted by molar-refractivity contribution is 6.17. The molecule has 1 fully saturated rings. The van der Waals surface area contributed by atoms with Gasteiger partial charge in [0, 0.05) is 12.1 Å². The van der Waals surface area contributed by atoms with Crippen LogP contribution in [0.2, 0.25) is 0 Å². The molecular formula is C20H24N2O7. The third kappa shape index (κ3) is 3.64. The van der Waals surface area contributed by atoms with Gasteiger partial charge in [0.25, 0.3) is 0 Å². The molecule has 0 radical (unpaired) electrons. The minimum absolute atomic E-state index is 0.115. The fourth-order valence-electron chi connectivity index (χ4n) is 3.68. The van der Waals surface area contributed by atoms with Crippen LogP contribution in [0.1, 0.15) is 54.6 Å². The van der Waals surface area contributed by atoms with Crippen molar-refractivity contribution in [2.75, 3.05) is 20.8 Å². The highest BCUT2D eigenvalue weighted by Gasteiger charge is 2.51. The Morgan fingerprint density at radius 3 is 2.48 bits per heavy atom. The van der Waals surface area contributed by atoms with Crippen molar-refractivity contribution in [3.8, 4) is 11.5 Å². The molecule has 4 amide bonds. The predicted molar refractivity (Wildman–Crippen MR) is 101 cm³/mol. The number of carbonyl (C=O) groups is 4. The number of hydrogen-bond acceptors (Lipinski definition) is 7. The molecular weight excluding hydrogens is 380 g/mol. The van der Waals surface area contributed by atoms with Gasteiger partial charge in [-0.1, -0.05) is 32.3 Å². The van der Waals surface area contributed by atoms with Crippen LogP contribution in [0.4, 0.5) is 4.79 Å². The quantitative estimate of drug-likeness (QED) is 0.402. The monoisotopic (exact) mass is 404 g/mol. The maximum absolute atomic E-state index is 13.0. The first-order chi connectivity index (χ1) is 13.9. The van der Waals surface area contributed by atoms with Crippen molar-refractivity contribution in [2.24, 2.45) is 5.92 Å². The topological polar surface area (TPSA) is 111 Å². The van der Waals surface area contributed by atoms with Gasteiger partial charge in [-0.25, -0.2) is 9.59 Å². The number of amides is 4. The molecule has 3 rings (SSSR count). The number of barbiturate groups is 1. The second kappa shape index (κ2) is 8.50. The normalized spacial score (nSPS) is 21.0. The summed E-state index contributed by atoms with van der Waals surface area (Å²) in [6.07, 6.45) is 2.36. The molecule has 0 aliphatic carbocycles. The third-order valence-corrected chi connectivity index (χ3v) is 5.15.